The molecule has 14 heavy (non-hydrogen) atoms. The van der Waals surface area contributed by atoms with E-state index in [2.05, 4.69) is 22.4 Å². The molecule has 3 heteroatoms. The van der Waals surface area contributed by atoms with Crippen LogP contribution in [0, 0.1) is 0 Å². The predicted octanol–water partition coefficient (Wildman–Crippen LogP) is 1.35. The van der Waals surface area contributed by atoms with Crippen LogP contribution in [0.1, 0.15) is 11.1 Å². The molecule has 3 nitrogen and oxygen atoms in total. The van der Waals surface area contributed by atoms with E-state index >= 15 is 0 Å². The second-order valence-corrected chi connectivity index (χ2v) is 3.39. The fourth-order valence-electron chi connectivity index (χ4n) is 1.84. The van der Waals surface area contributed by atoms with Crippen LogP contribution in [-0.2, 0) is 13.1 Å². The molecule has 1 aromatic heterocycles. The van der Waals surface area contributed by atoms with Crippen molar-refractivity contribution in [3.05, 3.63) is 35.5 Å². The number of aromatic amines is 1. The van der Waals surface area contributed by atoms with Crippen molar-refractivity contribution >= 4 is 10.9 Å². The molecule has 0 aliphatic carbocycles. The van der Waals surface area contributed by atoms with Crippen LogP contribution in [0.5, 0.6) is 0 Å². The minimum atomic E-state index is 0.589. The third-order valence-electron chi connectivity index (χ3n) is 2.46. The molecule has 0 amide bonds. The average Bonchev–Trinajstić information content (AvgIpc) is 2.62. The maximum atomic E-state index is 5.71. The molecule has 0 bridgehead atoms. The van der Waals surface area contributed by atoms with Crippen LogP contribution in [0.2, 0.25) is 0 Å². The molecular weight excluding hydrogens is 174 g/mol. The van der Waals surface area contributed by atoms with Gasteiger partial charge in [-0.3, -0.25) is 0 Å². The lowest BCUT2D eigenvalue weighted by molar-refractivity contribution is 0.822. The van der Waals surface area contributed by atoms with Gasteiger partial charge in [-0.15, -0.1) is 0 Å². The van der Waals surface area contributed by atoms with Crippen molar-refractivity contribution in [2.75, 3.05) is 7.05 Å². The number of fused-ring (bicyclic) bond motifs is 1. The molecule has 0 saturated heterocycles. The second-order valence-electron chi connectivity index (χ2n) is 3.39. The summed E-state index contributed by atoms with van der Waals surface area (Å²) in [4.78, 5) is 3.25. The molecule has 1 heterocycles. The molecule has 74 valence electrons. The standard InChI is InChI=1S/C11H15N3/c1-13-6-9-7-14-10-4-2-3-8(5-12)11(9)10/h2-4,7,13-14H,5-6,12H2,1H3. The summed E-state index contributed by atoms with van der Waals surface area (Å²) in [6, 6.07) is 6.19. The first kappa shape index (κ1) is 9.24. The van der Waals surface area contributed by atoms with Crippen molar-refractivity contribution in [3.63, 3.8) is 0 Å². The lowest BCUT2D eigenvalue weighted by Crippen LogP contribution is -2.05. The summed E-state index contributed by atoms with van der Waals surface area (Å²) in [5, 5.41) is 4.42. The van der Waals surface area contributed by atoms with Gasteiger partial charge in [-0.2, -0.15) is 0 Å². The zero-order valence-electron chi connectivity index (χ0n) is 8.30. The number of H-pyrrole nitrogens is 1. The topological polar surface area (TPSA) is 53.8 Å². The first-order valence-corrected chi connectivity index (χ1v) is 4.79. The third kappa shape index (κ3) is 1.41. The molecule has 4 N–H and O–H groups in total. The first-order valence-electron chi connectivity index (χ1n) is 4.79. The summed E-state index contributed by atoms with van der Waals surface area (Å²) in [5.74, 6) is 0. The molecule has 2 rings (SSSR count). The molecule has 2 aromatic rings. The number of benzene rings is 1. The van der Waals surface area contributed by atoms with Crippen LogP contribution in [0.25, 0.3) is 10.9 Å². The summed E-state index contributed by atoms with van der Waals surface area (Å²) in [5.41, 5.74) is 9.35. The molecule has 0 aliphatic heterocycles. The van der Waals surface area contributed by atoms with E-state index in [0.717, 1.165) is 6.54 Å². The Labute approximate surface area is 83.3 Å². The van der Waals surface area contributed by atoms with Crippen molar-refractivity contribution < 1.29 is 0 Å². The number of rotatable bonds is 3. The van der Waals surface area contributed by atoms with Gasteiger partial charge in [0.25, 0.3) is 0 Å². The molecule has 1 aromatic carbocycles. The Kier molecular flexibility index (Phi) is 2.52. The SMILES string of the molecule is CNCc1c[nH]c2cccc(CN)c12. The lowest BCUT2D eigenvalue weighted by Gasteiger charge is -2.02. The zero-order chi connectivity index (χ0) is 9.97. The van der Waals surface area contributed by atoms with Crippen molar-refractivity contribution in [1.82, 2.24) is 10.3 Å². The van der Waals surface area contributed by atoms with E-state index in [-0.39, 0.29) is 0 Å². The maximum Gasteiger partial charge on any atom is 0.0460 e. The van der Waals surface area contributed by atoms with Crippen LogP contribution in [0.15, 0.2) is 24.4 Å². The Balaban J connectivity index is 2.62. The van der Waals surface area contributed by atoms with Gasteiger partial charge in [-0.25, -0.2) is 0 Å². The average molecular weight is 189 g/mol. The van der Waals surface area contributed by atoms with E-state index in [1.165, 1.54) is 22.0 Å². The van der Waals surface area contributed by atoms with Crippen molar-refractivity contribution in [2.45, 2.75) is 13.1 Å². The predicted molar refractivity (Wildman–Crippen MR) is 59.0 cm³/mol. The number of nitrogens with two attached hydrogens (primary N) is 1. The number of nitrogens with one attached hydrogen (secondary N) is 2. The highest BCUT2D eigenvalue weighted by molar-refractivity contribution is 5.86. The Morgan fingerprint density at radius 3 is 2.93 bits per heavy atom. The maximum absolute atomic E-state index is 5.71. The third-order valence-corrected chi connectivity index (χ3v) is 2.46. The molecule has 0 unspecified atom stereocenters. The lowest BCUT2D eigenvalue weighted by atomic mass is 10.1. The Morgan fingerprint density at radius 2 is 2.21 bits per heavy atom. The molecule has 0 atom stereocenters. The second kappa shape index (κ2) is 3.82. The zero-order valence-corrected chi connectivity index (χ0v) is 8.30. The number of hydrogen-bond acceptors (Lipinski definition) is 2. The molecular formula is C11H15N3. The fraction of sp³-hybridized carbons (Fsp3) is 0.273. The molecule has 0 fully saturated rings. The summed E-state index contributed by atoms with van der Waals surface area (Å²) >= 11 is 0. The summed E-state index contributed by atoms with van der Waals surface area (Å²) in [7, 11) is 1.95. The fourth-order valence-corrected chi connectivity index (χ4v) is 1.84. The van der Waals surface area contributed by atoms with Gasteiger partial charge in [0.1, 0.15) is 0 Å². The van der Waals surface area contributed by atoms with E-state index < -0.39 is 0 Å². The Bertz CT molecular complexity index is 431. The molecule has 0 radical (unpaired) electrons. The van der Waals surface area contributed by atoms with Gasteiger partial charge in [0.05, 0.1) is 0 Å². The van der Waals surface area contributed by atoms with E-state index in [1.54, 1.807) is 0 Å². The summed E-state index contributed by atoms with van der Waals surface area (Å²) in [6.45, 7) is 1.46. The molecule has 0 aliphatic rings. The smallest absolute Gasteiger partial charge is 0.0460 e. The highest BCUT2D eigenvalue weighted by Crippen LogP contribution is 2.22. The summed E-state index contributed by atoms with van der Waals surface area (Å²) in [6.07, 6.45) is 2.04. The highest BCUT2D eigenvalue weighted by Gasteiger charge is 2.05. The van der Waals surface area contributed by atoms with Crippen molar-refractivity contribution in [1.29, 1.82) is 0 Å². The Hall–Kier alpha value is -1.32. The quantitative estimate of drug-likeness (QED) is 0.682. The van der Waals surface area contributed by atoms with E-state index in [1.807, 2.05) is 19.3 Å². The highest BCUT2D eigenvalue weighted by atomic mass is 14.8. The monoisotopic (exact) mass is 189 g/mol. The number of aromatic nitrogens is 1. The molecule has 0 spiro atoms. The van der Waals surface area contributed by atoms with E-state index in [4.69, 9.17) is 5.73 Å². The van der Waals surface area contributed by atoms with E-state index in [9.17, 15) is 0 Å². The van der Waals surface area contributed by atoms with Crippen LogP contribution >= 0.6 is 0 Å². The minimum absolute atomic E-state index is 0.589. The van der Waals surface area contributed by atoms with Gasteiger partial charge in [0, 0.05) is 30.2 Å². The van der Waals surface area contributed by atoms with Gasteiger partial charge < -0.3 is 16.0 Å². The van der Waals surface area contributed by atoms with Gasteiger partial charge in [-0.1, -0.05) is 12.1 Å². The van der Waals surface area contributed by atoms with Crippen LogP contribution in [0.3, 0.4) is 0 Å². The number of hydrogen-bond donors (Lipinski definition) is 3. The summed E-state index contributed by atoms with van der Waals surface area (Å²) < 4.78 is 0. The molecule has 0 saturated carbocycles. The van der Waals surface area contributed by atoms with Gasteiger partial charge in [0.2, 0.25) is 0 Å². The van der Waals surface area contributed by atoms with Crippen LogP contribution < -0.4 is 11.1 Å². The van der Waals surface area contributed by atoms with Crippen LogP contribution in [0.4, 0.5) is 0 Å². The van der Waals surface area contributed by atoms with Gasteiger partial charge >= 0.3 is 0 Å². The van der Waals surface area contributed by atoms with Crippen molar-refractivity contribution in [2.24, 2.45) is 5.73 Å². The van der Waals surface area contributed by atoms with Gasteiger partial charge in [-0.05, 0) is 24.2 Å². The van der Waals surface area contributed by atoms with E-state index in [0.29, 0.717) is 6.54 Å². The van der Waals surface area contributed by atoms with Crippen molar-refractivity contribution in [3.8, 4) is 0 Å². The largest absolute Gasteiger partial charge is 0.361 e. The minimum Gasteiger partial charge on any atom is -0.361 e. The van der Waals surface area contributed by atoms with Crippen LogP contribution in [-0.4, -0.2) is 12.0 Å². The van der Waals surface area contributed by atoms with Gasteiger partial charge in [0.15, 0.2) is 0 Å². The normalized spacial score (nSPS) is 11.0. The first-order chi connectivity index (χ1) is 6.86. The Morgan fingerprint density at radius 1 is 1.36 bits per heavy atom.